The molecule has 0 aliphatic heterocycles. The van der Waals surface area contributed by atoms with Gasteiger partial charge in [0.15, 0.2) is 0 Å². The minimum Gasteiger partial charge on any atom is -0.508 e. The van der Waals surface area contributed by atoms with Crippen LogP contribution in [-0.4, -0.2) is 42.6 Å². The van der Waals surface area contributed by atoms with E-state index in [1.807, 2.05) is 0 Å². The summed E-state index contributed by atoms with van der Waals surface area (Å²) in [6.45, 7) is -0.157. The molecule has 0 aromatic heterocycles. The van der Waals surface area contributed by atoms with Gasteiger partial charge in [0.05, 0.1) is 42.3 Å². The van der Waals surface area contributed by atoms with E-state index < -0.39 is 17.7 Å². The molecule has 3 N–H and O–H groups in total. The number of esters is 1. The molecule has 2 aromatic rings. The molecule has 2 rings (SSSR count). The van der Waals surface area contributed by atoms with E-state index in [9.17, 15) is 23.1 Å². The Labute approximate surface area is 153 Å². The molecule has 0 saturated heterocycles. The minimum atomic E-state index is -4.58. The number of aromatic hydroxyl groups is 1. The van der Waals surface area contributed by atoms with Gasteiger partial charge in [-0.3, -0.25) is 0 Å². The summed E-state index contributed by atoms with van der Waals surface area (Å²) in [6.07, 6.45) is -4.58. The molecule has 0 bridgehead atoms. The molecule has 2 aromatic carbocycles. The van der Waals surface area contributed by atoms with Crippen LogP contribution in [0.5, 0.6) is 5.75 Å². The number of aliphatic hydroxyl groups excluding tert-OH is 1. The Morgan fingerprint density at radius 3 is 2.48 bits per heavy atom. The summed E-state index contributed by atoms with van der Waals surface area (Å²) in [5.74, 6) is -1.08. The number of hydrogen-bond donors (Lipinski definition) is 3. The second-order valence-electron chi connectivity index (χ2n) is 5.37. The maximum absolute atomic E-state index is 13.1. The number of anilines is 2. The molecule has 0 fully saturated rings. The molecular weight excluding hydrogens is 367 g/mol. The van der Waals surface area contributed by atoms with Crippen molar-refractivity contribution in [2.45, 2.75) is 6.18 Å². The molecule has 0 heterocycles. The molecule has 0 radical (unpaired) electrons. The zero-order valence-corrected chi connectivity index (χ0v) is 14.1. The number of carbonyl (C=O) groups is 1. The number of aliphatic hydroxyl groups is 1. The van der Waals surface area contributed by atoms with Gasteiger partial charge in [-0.25, -0.2) is 4.79 Å². The Morgan fingerprint density at radius 2 is 1.78 bits per heavy atom. The van der Waals surface area contributed by atoms with Gasteiger partial charge in [-0.1, -0.05) is 12.1 Å². The van der Waals surface area contributed by atoms with Crippen LogP contribution in [0.2, 0.25) is 0 Å². The topological polar surface area (TPSA) is 88.0 Å². The van der Waals surface area contributed by atoms with Crippen molar-refractivity contribution >= 4 is 17.3 Å². The molecular formula is C18H18F3NO5. The molecule has 0 aliphatic carbocycles. The number of nitrogens with one attached hydrogen (secondary N) is 1. The molecule has 0 spiro atoms. The van der Waals surface area contributed by atoms with Gasteiger partial charge in [0.25, 0.3) is 0 Å². The zero-order valence-electron chi connectivity index (χ0n) is 14.1. The predicted molar refractivity (Wildman–Crippen MR) is 91.0 cm³/mol. The number of hydrogen-bond acceptors (Lipinski definition) is 6. The van der Waals surface area contributed by atoms with Crippen LogP contribution in [0.15, 0.2) is 42.5 Å². The van der Waals surface area contributed by atoms with E-state index >= 15 is 0 Å². The van der Waals surface area contributed by atoms with Crippen LogP contribution in [0.1, 0.15) is 15.9 Å². The third-order valence-electron chi connectivity index (χ3n) is 3.42. The maximum atomic E-state index is 13.1. The fraction of sp³-hybridized carbons (Fsp3) is 0.278. The number of alkyl halides is 3. The first kappa shape index (κ1) is 20.5. The summed E-state index contributed by atoms with van der Waals surface area (Å²) < 4.78 is 49.4. The minimum absolute atomic E-state index is 0.0464. The summed E-state index contributed by atoms with van der Waals surface area (Å²) in [4.78, 5) is 12.2. The fourth-order valence-electron chi connectivity index (χ4n) is 2.23. The maximum Gasteiger partial charge on any atom is 0.418 e. The lowest BCUT2D eigenvalue weighted by Gasteiger charge is -2.16. The van der Waals surface area contributed by atoms with Crippen molar-refractivity contribution in [2.24, 2.45) is 0 Å². The first-order valence-electron chi connectivity index (χ1n) is 7.95. The van der Waals surface area contributed by atoms with E-state index in [-0.39, 0.29) is 49.1 Å². The molecule has 6 nitrogen and oxygen atoms in total. The second kappa shape index (κ2) is 9.24. The second-order valence-corrected chi connectivity index (χ2v) is 5.37. The number of phenols is 1. The van der Waals surface area contributed by atoms with Crippen molar-refractivity contribution in [1.82, 2.24) is 0 Å². The highest BCUT2D eigenvalue weighted by atomic mass is 19.4. The number of benzene rings is 2. The Bertz CT molecular complexity index is 780. The van der Waals surface area contributed by atoms with Crippen LogP contribution >= 0.6 is 0 Å². The molecule has 0 aliphatic rings. The molecule has 0 saturated carbocycles. The van der Waals surface area contributed by atoms with Crippen molar-refractivity contribution in [3.8, 4) is 5.75 Å². The van der Waals surface area contributed by atoms with E-state index in [0.29, 0.717) is 0 Å². The summed E-state index contributed by atoms with van der Waals surface area (Å²) >= 11 is 0. The highest BCUT2D eigenvalue weighted by Crippen LogP contribution is 2.36. The lowest BCUT2D eigenvalue weighted by molar-refractivity contribution is -0.136. The lowest BCUT2D eigenvalue weighted by atomic mass is 10.1. The fourth-order valence-corrected chi connectivity index (χ4v) is 2.23. The van der Waals surface area contributed by atoms with Crippen LogP contribution < -0.4 is 5.32 Å². The van der Waals surface area contributed by atoms with Gasteiger partial charge in [0.1, 0.15) is 12.4 Å². The number of rotatable bonds is 8. The summed E-state index contributed by atoms with van der Waals surface area (Å²) in [7, 11) is 0. The van der Waals surface area contributed by atoms with Crippen LogP contribution in [-0.2, 0) is 15.7 Å². The van der Waals surface area contributed by atoms with E-state index in [2.05, 4.69) is 5.32 Å². The van der Waals surface area contributed by atoms with Crippen molar-refractivity contribution in [3.05, 3.63) is 53.6 Å². The molecule has 27 heavy (non-hydrogen) atoms. The molecule has 0 amide bonds. The average Bonchev–Trinajstić information content (AvgIpc) is 2.62. The average molecular weight is 385 g/mol. The normalized spacial score (nSPS) is 11.3. The van der Waals surface area contributed by atoms with E-state index in [4.69, 9.17) is 14.6 Å². The van der Waals surface area contributed by atoms with Gasteiger partial charge >= 0.3 is 12.1 Å². The van der Waals surface area contributed by atoms with Crippen molar-refractivity contribution in [2.75, 3.05) is 31.7 Å². The van der Waals surface area contributed by atoms with Gasteiger partial charge in [-0.15, -0.1) is 0 Å². The van der Waals surface area contributed by atoms with Gasteiger partial charge in [0.2, 0.25) is 0 Å². The number of halogens is 3. The number of para-hydroxylation sites is 1. The predicted octanol–water partition coefficient (Wildman–Crippen LogP) is 3.32. The van der Waals surface area contributed by atoms with E-state index in [0.717, 1.165) is 12.1 Å². The van der Waals surface area contributed by atoms with Crippen LogP contribution in [0, 0.1) is 0 Å². The van der Waals surface area contributed by atoms with Crippen LogP contribution in [0.3, 0.4) is 0 Å². The van der Waals surface area contributed by atoms with Gasteiger partial charge in [-0.05, 0) is 30.3 Å². The Balaban J connectivity index is 2.20. The Morgan fingerprint density at radius 1 is 1.04 bits per heavy atom. The van der Waals surface area contributed by atoms with Gasteiger partial charge in [-0.2, -0.15) is 13.2 Å². The van der Waals surface area contributed by atoms with Gasteiger partial charge < -0.3 is 25.0 Å². The Kier molecular flexibility index (Phi) is 7.03. The van der Waals surface area contributed by atoms with Gasteiger partial charge in [0, 0.05) is 0 Å². The number of ether oxygens (including phenoxy) is 2. The third kappa shape index (κ3) is 5.87. The Hall–Kier alpha value is -2.78. The quantitative estimate of drug-likeness (QED) is 0.367. The number of carbonyl (C=O) groups excluding carboxylic acids is 1. The smallest absolute Gasteiger partial charge is 0.418 e. The van der Waals surface area contributed by atoms with E-state index in [1.54, 1.807) is 0 Å². The number of phenolic OH excluding ortho intramolecular Hbond substituents is 1. The SMILES string of the molecule is O=C(OCCOCCO)c1cc(O)ccc1Nc1ccccc1C(F)(F)F. The van der Waals surface area contributed by atoms with E-state index in [1.165, 1.54) is 30.3 Å². The molecule has 0 atom stereocenters. The first-order chi connectivity index (χ1) is 12.8. The van der Waals surface area contributed by atoms with Crippen molar-refractivity contribution in [1.29, 1.82) is 0 Å². The molecule has 0 unspecified atom stereocenters. The summed E-state index contributed by atoms with van der Waals surface area (Å²) in [5.41, 5.74) is -1.22. The summed E-state index contributed by atoms with van der Waals surface area (Å²) in [5, 5.41) is 20.8. The standard InChI is InChI=1S/C18H18F3NO5/c19-18(20,21)14-3-1-2-4-16(14)22-15-6-5-12(24)11-13(15)17(25)27-10-9-26-8-7-23/h1-6,11,22-24H,7-10H2. The largest absolute Gasteiger partial charge is 0.508 e. The molecule has 9 heteroatoms. The van der Waals surface area contributed by atoms with Crippen LogP contribution in [0.25, 0.3) is 0 Å². The lowest BCUT2D eigenvalue weighted by Crippen LogP contribution is -2.14. The highest BCUT2D eigenvalue weighted by Gasteiger charge is 2.33. The summed E-state index contributed by atoms with van der Waals surface area (Å²) in [6, 6.07) is 8.43. The van der Waals surface area contributed by atoms with Crippen molar-refractivity contribution < 1.29 is 37.7 Å². The van der Waals surface area contributed by atoms with Crippen LogP contribution in [0.4, 0.5) is 24.5 Å². The highest BCUT2D eigenvalue weighted by molar-refractivity contribution is 5.97. The first-order valence-corrected chi connectivity index (χ1v) is 7.95. The monoisotopic (exact) mass is 385 g/mol. The third-order valence-corrected chi connectivity index (χ3v) is 3.42. The molecule has 146 valence electrons. The van der Waals surface area contributed by atoms with Crippen molar-refractivity contribution in [3.63, 3.8) is 0 Å². The zero-order chi connectivity index (χ0) is 19.9.